The molecule has 9 nitrogen and oxygen atoms in total. The Morgan fingerprint density at radius 3 is 2.80 bits per heavy atom. The van der Waals surface area contributed by atoms with Crippen molar-refractivity contribution >= 4 is 47.3 Å². The topological polar surface area (TPSA) is 125 Å². The zero-order chi connectivity index (χ0) is 18.1. The molecule has 3 N–H and O–H groups in total. The zero-order valence-corrected chi connectivity index (χ0v) is 14.9. The lowest BCUT2D eigenvalue weighted by Gasteiger charge is -2.49. The van der Waals surface area contributed by atoms with Gasteiger partial charge in [-0.2, -0.15) is 0 Å². The van der Waals surface area contributed by atoms with Crippen LogP contribution in [0, 0.1) is 0 Å². The Kier molecular flexibility index (Phi) is 5.25. The number of hydrogen-bond donors (Lipinski definition) is 3. The highest BCUT2D eigenvalue weighted by atomic mass is 32.2. The van der Waals surface area contributed by atoms with Gasteiger partial charge in [-0.1, -0.05) is 0 Å². The van der Waals surface area contributed by atoms with Gasteiger partial charge < -0.3 is 15.2 Å². The highest BCUT2D eigenvalue weighted by Gasteiger charge is 2.54. The molecule has 11 heteroatoms. The average Bonchev–Trinajstić information content (AvgIpc) is 3.11. The Labute approximate surface area is 151 Å². The van der Waals surface area contributed by atoms with Crippen LogP contribution in [0.25, 0.3) is 0 Å². The summed E-state index contributed by atoms with van der Waals surface area (Å²) in [5.41, 5.74) is 0.214. The van der Waals surface area contributed by atoms with Crippen molar-refractivity contribution in [2.45, 2.75) is 24.4 Å². The lowest BCUT2D eigenvalue weighted by molar-refractivity contribution is -0.151. The number of hydrogen-bond acceptors (Lipinski definition) is 8. The van der Waals surface area contributed by atoms with E-state index in [9.17, 15) is 24.3 Å². The van der Waals surface area contributed by atoms with Gasteiger partial charge in [0.05, 0.1) is 6.04 Å². The summed E-state index contributed by atoms with van der Waals surface area (Å²) in [5, 5.41) is 14.7. The first kappa shape index (κ1) is 18.1. The molecule has 3 rings (SSSR count). The van der Waals surface area contributed by atoms with E-state index in [1.165, 1.54) is 18.7 Å². The molecule has 3 aliphatic rings. The molecule has 1 unspecified atom stereocenters. The van der Waals surface area contributed by atoms with Crippen LogP contribution in [0.2, 0.25) is 0 Å². The van der Waals surface area contributed by atoms with Crippen molar-refractivity contribution < 1.29 is 29.0 Å². The number of ether oxygens (including phenoxy) is 1. The molecular weight excluding hydrogens is 370 g/mol. The van der Waals surface area contributed by atoms with Gasteiger partial charge >= 0.3 is 11.9 Å². The van der Waals surface area contributed by atoms with Gasteiger partial charge in [0.1, 0.15) is 23.7 Å². The second kappa shape index (κ2) is 7.26. The minimum absolute atomic E-state index is 0.157. The van der Waals surface area contributed by atoms with Crippen molar-refractivity contribution in [1.29, 1.82) is 0 Å². The summed E-state index contributed by atoms with van der Waals surface area (Å²) in [6, 6.07) is -1.08. The van der Waals surface area contributed by atoms with Crippen molar-refractivity contribution in [3.63, 3.8) is 0 Å². The summed E-state index contributed by atoms with van der Waals surface area (Å²) >= 11 is 2.94. The molecule has 2 amide bonds. The van der Waals surface area contributed by atoms with Crippen LogP contribution in [0.1, 0.15) is 6.92 Å². The molecule has 2 fully saturated rings. The zero-order valence-electron chi connectivity index (χ0n) is 13.3. The third kappa shape index (κ3) is 3.48. The fraction of sp³-hybridized carbons (Fsp3) is 0.571. The average molecular weight is 387 g/mol. The van der Waals surface area contributed by atoms with Crippen molar-refractivity contribution in [1.82, 2.24) is 15.5 Å². The summed E-state index contributed by atoms with van der Waals surface area (Å²) in [6.07, 6.45) is 0. The van der Waals surface area contributed by atoms with Gasteiger partial charge in [-0.05, 0) is 0 Å². The summed E-state index contributed by atoms with van der Waals surface area (Å²) in [4.78, 5) is 48.3. The third-order valence-electron chi connectivity index (χ3n) is 4.03. The summed E-state index contributed by atoms with van der Waals surface area (Å²) in [5.74, 6) is -0.851. The van der Waals surface area contributed by atoms with Crippen molar-refractivity contribution in [2.24, 2.45) is 0 Å². The Morgan fingerprint density at radius 1 is 1.44 bits per heavy atom. The van der Waals surface area contributed by atoms with Gasteiger partial charge in [0.25, 0.3) is 5.91 Å². The number of nitrogens with zero attached hydrogens (tertiary/aromatic N) is 1. The second-order valence-electron chi connectivity index (χ2n) is 5.71. The number of β-lactam (4-membered cyclic amide) rings is 1. The number of amides is 2. The molecule has 0 aromatic rings. The monoisotopic (exact) mass is 387 g/mol. The SMILES string of the molecule is CC(=O)OCC1=C(C(=O)O)N2C(=O)[C@@H](NC(=O)C3CSCN3)[C@H]2SC1. The number of nitrogens with one attached hydrogen (secondary N) is 2. The van der Waals surface area contributed by atoms with Crippen molar-refractivity contribution in [2.75, 3.05) is 24.0 Å². The first-order valence-electron chi connectivity index (χ1n) is 7.55. The lowest BCUT2D eigenvalue weighted by atomic mass is 10.0. The van der Waals surface area contributed by atoms with E-state index in [-0.39, 0.29) is 24.3 Å². The number of carboxylic acids is 1. The molecule has 136 valence electrons. The molecule has 25 heavy (non-hydrogen) atoms. The van der Waals surface area contributed by atoms with E-state index < -0.39 is 29.3 Å². The molecule has 2 saturated heterocycles. The van der Waals surface area contributed by atoms with Gasteiger partial charge in [-0.3, -0.25) is 24.6 Å². The van der Waals surface area contributed by atoms with Crippen molar-refractivity contribution in [3.05, 3.63) is 11.3 Å². The predicted molar refractivity (Wildman–Crippen MR) is 90.6 cm³/mol. The minimum Gasteiger partial charge on any atom is -0.477 e. The fourth-order valence-electron chi connectivity index (χ4n) is 2.80. The Bertz CT molecular complexity index is 661. The van der Waals surface area contributed by atoms with Crippen LogP contribution in [0.4, 0.5) is 0 Å². The maximum atomic E-state index is 12.4. The number of rotatable bonds is 5. The van der Waals surface area contributed by atoms with Crippen LogP contribution in [0.3, 0.4) is 0 Å². The summed E-state index contributed by atoms with van der Waals surface area (Å²) in [6.45, 7) is 1.07. The first-order chi connectivity index (χ1) is 11.9. The molecule has 0 aromatic carbocycles. The number of thioether (sulfide) groups is 2. The van der Waals surface area contributed by atoms with E-state index in [2.05, 4.69) is 10.6 Å². The van der Waals surface area contributed by atoms with E-state index in [0.717, 1.165) is 4.90 Å². The van der Waals surface area contributed by atoms with E-state index in [1.807, 2.05) is 0 Å². The smallest absolute Gasteiger partial charge is 0.352 e. The largest absolute Gasteiger partial charge is 0.477 e. The second-order valence-corrected chi connectivity index (χ2v) is 7.84. The van der Waals surface area contributed by atoms with Crippen LogP contribution in [-0.2, 0) is 23.9 Å². The third-order valence-corrected chi connectivity index (χ3v) is 6.31. The van der Waals surface area contributed by atoms with E-state index in [4.69, 9.17) is 4.74 Å². The molecule has 0 saturated carbocycles. The summed E-state index contributed by atoms with van der Waals surface area (Å²) in [7, 11) is 0. The number of carbonyl (C=O) groups is 4. The van der Waals surface area contributed by atoms with Crippen LogP contribution < -0.4 is 10.6 Å². The molecular formula is C14H17N3O6S2. The lowest BCUT2D eigenvalue weighted by Crippen LogP contribution is -2.71. The van der Waals surface area contributed by atoms with E-state index in [0.29, 0.717) is 23.0 Å². The summed E-state index contributed by atoms with van der Waals surface area (Å²) < 4.78 is 4.87. The predicted octanol–water partition coefficient (Wildman–Crippen LogP) is -1.05. The number of aliphatic carboxylic acids is 1. The van der Waals surface area contributed by atoms with Gasteiger partial charge in [-0.25, -0.2) is 4.79 Å². The molecule has 0 aliphatic carbocycles. The van der Waals surface area contributed by atoms with Gasteiger partial charge in [0, 0.05) is 29.9 Å². The maximum absolute atomic E-state index is 12.4. The highest BCUT2D eigenvalue weighted by Crippen LogP contribution is 2.40. The molecule has 3 atom stereocenters. The van der Waals surface area contributed by atoms with E-state index in [1.54, 1.807) is 11.8 Å². The van der Waals surface area contributed by atoms with Crippen molar-refractivity contribution in [3.8, 4) is 0 Å². The molecule has 0 bridgehead atoms. The number of esters is 1. The normalized spacial score (nSPS) is 28.3. The van der Waals surface area contributed by atoms with Gasteiger partial charge in [0.15, 0.2) is 0 Å². The first-order valence-corrected chi connectivity index (χ1v) is 9.75. The quantitative estimate of drug-likeness (QED) is 0.400. The van der Waals surface area contributed by atoms with Gasteiger partial charge in [-0.15, -0.1) is 23.5 Å². The molecule has 0 aromatic heterocycles. The maximum Gasteiger partial charge on any atom is 0.352 e. The highest BCUT2D eigenvalue weighted by molar-refractivity contribution is 8.00. The molecule has 3 heterocycles. The van der Waals surface area contributed by atoms with Crippen LogP contribution in [0.5, 0.6) is 0 Å². The van der Waals surface area contributed by atoms with Crippen LogP contribution >= 0.6 is 23.5 Å². The van der Waals surface area contributed by atoms with Crippen LogP contribution in [0.15, 0.2) is 11.3 Å². The Hall–Kier alpha value is -1.72. The standard InChI is InChI=1S/C14H17N3O6S2/c1-6(18)23-2-7-3-25-13-9(12(20)17(13)10(7)14(21)22)16-11(19)8-4-24-5-15-8/h8-9,13,15H,2-5H2,1H3,(H,16,19)(H,21,22)/t8?,9-,13-/m1/s1. The van der Waals surface area contributed by atoms with E-state index >= 15 is 0 Å². The molecule has 3 aliphatic heterocycles. The van der Waals surface area contributed by atoms with Gasteiger partial charge in [0.2, 0.25) is 5.91 Å². The Morgan fingerprint density at radius 2 is 2.20 bits per heavy atom. The number of fused-ring (bicyclic) bond motifs is 1. The molecule has 0 radical (unpaired) electrons. The van der Waals surface area contributed by atoms with Crippen LogP contribution in [-0.4, -0.2) is 75.2 Å². The number of carbonyl (C=O) groups excluding carboxylic acids is 3. The number of carboxylic acid groups (broad SMARTS) is 1. The molecule has 0 spiro atoms. The minimum atomic E-state index is -1.25. The Balaban J connectivity index is 1.71. The fourth-order valence-corrected chi connectivity index (χ4v) is 5.07.